The Kier molecular flexibility index (Phi) is 8.57. The molecule has 2 saturated carbocycles. The number of carbonyl (C=O) groups is 1. The lowest BCUT2D eigenvalue weighted by molar-refractivity contribution is -0.137. The molecule has 14 heteroatoms. The average Bonchev–Trinajstić information content (AvgIpc) is 3.66. The minimum absolute atomic E-state index is 0.0769. The van der Waals surface area contributed by atoms with Crippen molar-refractivity contribution in [1.82, 2.24) is 24.6 Å². The monoisotopic (exact) mass is 601 g/mol. The summed E-state index contributed by atoms with van der Waals surface area (Å²) < 4.78 is 40.6. The molecule has 2 aliphatic carbocycles. The summed E-state index contributed by atoms with van der Waals surface area (Å²) in [6, 6.07) is 5.23. The van der Waals surface area contributed by atoms with Gasteiger partial charge in [-0.3, -0.25) is 5.32 Å². The van der Waals surface area contributed by atoms with Crippen molar-refractivity contribution in [2.75, 3.05) is 29.0 Å². The van der Waals surface area contributed by atoms with Crippen LogP contribution in [0.4, 0.5) is 35.4 Å². The quantitative estimate of drug-likeness (QED) is 0.270. The summed E-state index contributed by atoms with van der Waals surface area (Å²) in [4.78, 5) is 32.3. The number of anilines is 3. The fraction of sp³-hybridized carbons (Fsp3) is 0.586. The molecule has 0 bridgehead atoms. The molecule has 1 amide bonds. The molecule has 3 aromatic rings. The van der Waals surface area contributed by atoms with E-state index in [0.717, 1.165) is 61.8 Å². The highest BCUT2D eigenvalue weighted by atomic mass is 19.4. The van der Waals surface area contributed by atoms with Crippen LogP contribution < -0.4 is 21.7 Å². The number of nitrogens with one attached hydrogen (secondary N) is 3. The predicted molar refractivity (Wildman–Crippen MR) is 156 cm³/mol. The van der Waals surface area contributed by atoms with E-state index in [1.54, 1.807) is 5.06 Å². The van der Waals surface area contributed by atoms with Crippen LogP contribution in [0.25, 0.3) is 11.2 Å². The first-order chi connectivity index (χ1) is 20.7. The average molecular weight is 602 g/mol. The van der Waals surface area contributed by atoms with Crippen LogP contribution in [0.2, 0.25) is 0 Å². The minimum Gasteiger partial charge on any atom is -0.365 e. The van der Waals surface area contributed by atoms with Crippen LogP contribution in [0.15, 0.2) is 30.6 Å². The highest BCUT2D eigenvalue weighted by Gasteiger charge is 2.30. The Morgan fingerprint density at radius 3 is 2.26 bits per heavy atom. The molecule has 232 valence electrons. The molecule has 0 unspecified atom stereocenters. The molecule has 1 aromatic carbocycles. The lowest BCUT2D eigenvalue weighted by Crippen LogP contribution is -2.41. The number of aromatic nitrogens is 4. The Morgan fingerprint density at radius 1 is 0.907 bits per heavy atom. The number of fused-ring (bicyclic) bond motifs is 1. The van der Waals surface area contributed by atoms with Gasteiger partial charge in [-0.15, -0.1) is 5.06 Å². The van der Waals surface area contributed by atoms with Crippen LogP contribution in [0, 0.1) is 0 Å². The molecular weight excluding hydrogens is 563 g/mol. The van der Waals surface area contributed by atoms with E-state index in [4.69, 9.17) is 25.5 Å². The molecule has 3 aliphatic rings. The first-order valence-corrected chi connectivity index (χ1v) is 15.2. The molecular formula is C29H38F3N9O2. The predicted octanol–water partition coefficient (Wildman–Crippen LogP) is 5.68. The van der Waals surface area contributed by atoms with Gasteiger partial charge in [-0.1, -0.05) is 12.8 Å². The van der Waals surface area contributed by atoms with Gasteiger partial charge in [-0.2, -0.15) is 23.1 Å². The lowest BCUT2D eigenvalue weighted by atomic mass is 9.92. The molecule has 0 atom stereocenters. The number of benzene rings is 1. The molecule has 6 rings (SSSR count). The van der Waals surface area contributed by atoms with Crippen LogP contribution in [0.3, 0.4) is 0 Å². The Hall–Kier alpha value is -3.65. The zero-order valence-corrected chi connectivity index (χ0v) is 23.9. The number of nitrogens with zero attached hydrogens (tertiary/aromatic N) is 5. The van der Waals surface area contributed by atoms with Crippen LogP contribution >= 0.6 is 0 Å². The summed E-state index contributed by atoms with van der Waals surface area (Å²) in [6.07, 6.45) is 6.64. The van der Waals surface area contributed by atoms with E-state index in [2.05, 4.69) is 20.5 Å². The van der Waals surface area contributed by atoms with E-state index in [1.165, 1.54) is 25.0 Å². The van der Waals surface area contributed by atoms with Crippen LogP contribution in [-0.4, -0.2) is 61.9 Å². The Balaban J connectivity index is 1.08. The molecule has 2 aromatic heterocycles. The zero-order chi connectivity index (χ0) is 30.0. The van der Waals surface area contributed by atoms with E-state index in [9.17, 15) is 18.0 Å². The molecule has 0 spiro atoms. The van der Waals surface area contributed by atoms with Gasteiger partial charge >= 0.3 is 12.3 Å². The molecule has 3 heterocycles. The van der Waals surface area contributed by atoms with Gasteiger partial charge in [0.1, 0.15) is 0 Å². The molecule has 43 heavy (non-hydrogen) atoms. The lowest BCUT2D eigenvalue weighted by Gasteiger charge is -2.31. The van der Waals surface area contributed by atoms with Crippen molar-refractivity contribution in [3.05, 3.63) is 36.2 Å². The van der Waals surface area contributed by atoms with Crippen LogP contribution in [0.5, 0.6) is 0 Å². The molecule has 1 aliphatic heterocycles. The molecule has 5 N–H and O–H groups in total. The largest absolute Gasteiger partial charge is 0.430 e. The summed E-state index contributed by atoms with van der Waals surface area (Å²) in [5.41, 5.74) is 7.13. The summed E-state index contributed by atoms with van der Waals surface area (Å²) in [7, 11) is 0. The first-order valence-electron chi connectivity index (χ1n) is 15.2. The van der Waals surface area contributed by atoms with Gasteiger partial charge in [0.15, 0.2) is 17.0 Å². The van der Waals surface area contributed by atoms with Gasteiger partial charge < -0.3 is 25.8 Å². The van der Waals surface area contributed by atoms with Crippen LogP contribution in [0.1, 0.15) is 75.8 Å². The summed E-state index contributed by atoms with van der Waals surface area (Å²) in [5.74, 6) is 1.28. The molecule has 11 nitrogen and oxygen atoms in total. The van der Waals surface area contributed by atoms with Crippen molar-refractivity contribution < 1.29 is 22.8 Å². The van der Waals surface area contributed by atoms with Gasteiger partial charge in [0.2, 0.25) is 5.95 Å². The highest BCUT2D eigenvalue weighted by molar-refractivity contribution is 5.85. The summed E-state index contributed by atoms with van der Waals surface area (Å²) in [6.45, 7) is 0.965. The van der Waals surface area contributed by atoms with Crippen molar-refractivity contribution >= 4 is 34.7 Å². The van der Waals surface area contributed by atoms with Crippen molar-refractivity contribution in [1.29, 1.82) is 0 Å². The van der Waals surface area contributed by atoms with E-state index >= 15 is 0 Å². The topological polar surface area (TPSA) is 135 Å². The number of hydroxylamine groups is 2. The molecule has 0 radical (unpaired) electrons. The SMILES string of the molecule is NC1CCC(Nc2nc(NC3CCN(OC(=O)Nc4ccc(C(F)(F)F)cc4)CC3)c3ncn(C4CCCC4)c3n2)CC1. The standard InChI is InChI=1S/C29H38F3N9O2/c30-29(31,32)18-5-9-21(10-6-18)37-28(42)43-40-15-13-22(14-16-40)35-25-24-26(41(17-34-24)23-3-1-2-4-23)39-27(38-25)36-20-11-7-19(33)8-12-20/h5-6,9-10,17,19-20,22-23H,1-4,7-8,11-16,33H2,(H,37,42)(H2,35,36,38,39). The van der Waals surface area contributed by atoms with E-state index < -0.39 is 17.8 Å². The van der Waals surface area contributed by atoms with Crippen molar-refractivity contribution in [3.63, 3.8) is 0 Å². The summed E-state index contributed by atoms with van der Waals surface area (Å²) >= 11 is 0. The van der Waals surface area contributed by atoms with E-state index in [0.29, 0.717) is 43.7 Å². The Labute approximate surface area is 247 Å². The fourth-order valence-corrected chi connectivity index (χ4v) is 6.26. The van der Waals surface area contributed by atoms with Crippen molar-refractivity contribution in [2.24, 2.45) is 5.73 Å². The van der Waals surface area contributed by atoms with Gasteiger partial charge in [0, 0.05) is 42.9 Å². The number of amides is 1. The summed E-state index contributed by atoms with van der Waals surface area (Å²) in [5, 5.41) is 11.2. The minimum atomic E-state index is -4.44. The molecule has 1 saturated heterocycles. The maximum absolute atomic E-state index is 12.8. The third-order valence-corrected chi connectivity index (χ3v) is 8.71. The second kappa shape index (κ2) is 12.5. The number of imidazole rings is 1. The number of hydrogen-bond acceptors (Lipinski definition) is 9. The number of nitrogens with two attached hydrogens (primary N) is 1. The zero-order valence-electron chi connectivity index (χ0n) is 23.9. The first kappa shape index (κ1) is 29.4. The number of rotatable bonds is 7. The maximum Gasteiger partial charge on any atom is 0.430 e. The third kappa shape index (κ3) is 7.12. The van der Waals surface area contributed by atoms with Crippen LogP contribution in [-0.2, 0) is 11.0 Å². The molecule has 3 fully saturated rings. The normalized spacial score (nSPS) is 22.5. The van der Waals surface area contributed by atoms with Gasteiger partial charge in [0.25, 0.3) is 0 Å². The number of piperidine rings is 1. The Bertz CT molecular complexity index is 1390. The number of carbonyl (C=O) groups excluding carboxylic acids is 1. The van der Waals surface area contributed by atoms with Crippen molar-refractivity contribution in [3.8, 4) is 0 Å². The van der Waals surface area contributed by atoms with E-state index in [-0.39, 0.29) is 23.8 Å². The fourth-order valence-electron chi connectivity index (χ4n) is 6.26. The number of halogens is 3. The highest BCUT2D eigenvalue weighted by Crippen LogP contribution is 2.34. The Morgan fingerprint density at radius 2 is 1.58 bits per heavy atom. The van der Waals surface area contributed by atoms with E-state index in [1.807, 2.05) is 6.33 Å². The number of alkyl halides is 3. The van der Waals surface area contributed by atoms with Gasteiger partial charge in [-0.25, -0.2) is 9.78 Å². The third-order valence-electron chi connectivity index (χ3n) is 8.71. The van der Waals surface area contributed by atoms with Gasteiger partial charge in [0.05, 0.1) is 11.9 Å². The second-order valence-corrected chi connectivity index (χ2v) is 11.8. The number of hydrogen-bond donors (Lipinski definition) is 4. The van der Waals surface area contributed by atoms with Crippen molar-refractivity contribution in [2.45, 2.75) is 94.6 Å². The second-order valence-electron chi connectivity index (χ2n) is 11.8. The maximum atomic E-state index is 12.8. The van der Waals surface area contributed by atoms with Gasteiger partial charge in [-0.05, 0) is 75.6 Å². The smallest absolute Gasteiger partial charge is 0.365 e.